The molecule has 0 saturated carbocycles. The fraction of sp³-hybridized carbons (Fsp3) is 0.214. The van der Waals surface area contributed by atoms with Crippen LogP contribution in [-0.4, -0.2) is 22.4 Å². The minimum Gasteiger partial charge on any atom is -0.379 e. The van der Waals surface area contributed by atoms with Gasteiger partial charge in [-0.1, -0.05) is 6.07 Å². The number of hydrogen-bond donors (Lipinski definition) is 2. The van der Waals surface area contributed by atoms with Gasteiger partial charge in [0.15, 0.2) is 0 Å². The van der Waals surface area contributed by atoms with Crippen molar-refractivity contribution in [2.75, 3.05) is 17.2 Å². The summed E-state index contributed by atoms with van der Waals surface area (Å²) in [5, 5.41) is 4.62. The quantitative estimate of drug-likeness (QED) is 0.654. The molecule has 0 saturated heterocycles. The lowest BCUT2D eigenvalue weighted by molar-refractivity contribution is -0.116. The molecular formula is C14H12F4N4O. The first-order valence-corrected chi connectivity index (χ1v) is 6.56. The van der Waals surface area contributed by atoms with Gasteiger partial charge in [-0.3, -0.25) is 4.79 Å². The van der Waals surface area contributed by atoms with Gasteiger partial charge in [-0.2, -0.15) is 22.5 Å². The second-order valence-electron chi connectivity index (χ2n) is 4.59. The Morgan fingerprint density at radius 1 is 1.09 bits per heavy atom. The molecule has 0 radical (unpaired) electrons. The van der Waals surface area contributed by atoms with Crippen molar-refractivity contribution in [2.45, 2.75) is 13.3 Å². The van der Waals surface area contributed by atoms with E-state index in [1.165, 1.54) is 0 Å². The molecule has 23 heavy (non-hydrogen) atoms. The first-order chi connectivity index (χ1) is 10.9. The van der Waals surface area contributed by atoms with E-state index < -0.39 is 35.1 Å². The summed E-state index contributed by atoms with van der Waals surface area (Å²) in [6.45, 7) is 1.50. The first-order valence-electron chi connectivity index (χ1n) is 6.56. The van der Waals surface area contributed by atoms with Crippen LogP contribution in [0.3, 0.4) is 0 Å². The Morgan fingerprint density at radius 2 is 1.74 bits per heavy atom. The molecule has 0 fully saturated rings. The van der Waals surface area contributed by atoms with Gasteiger partial charge >= 0.3 is 0 Å². The minimum absolute atomic E-state index is 0.194. The number of anilines is 2. The van der Waals surface area contributed by atoms with Gasteiger partial charge in [0.05, 0.1) is 0 Å². The highest BCUT2D eigenvalue weighted by Crippen LogP contribution is 2.21. The Morgan fingerprint density at radius 3 is 2.35 bits per heavy atom. The second-order valence-corrected chi connectivity index (χ2v) is 4.59. The number of rotatable bonds is 5. The number of amides is 1. The maximum absolute atomic E-state index is 13.3. The third-order valence-corrected chi connectivity index (χ3v) is 2.81. The van der Waals surface area contributed by atoms with E-state index in [0.717, 1.165) is 0 Å². The normalized spacial score (nSPS) is 10.5. The van der Waals surface area contributed by atoms with E-state index in [2.05, 4.69) is 20.6 Å². The Hall–Kier alpha value is -2.71. The first kappa shape index (κ1) is 16.7. The number of halogens is 4. The van der Waals surface area contributed by atoms with Gasteiger partial charge in [0, 0.05) is 18.7 Å². The fourth-order valence-corrected chi connectivity index (χ4v) is 1.76. The number of carbonyl (C=O) groups excluding carboxylic acids is 1. The Balaban J connectivity index is 1.94. The maximum Gasteiger partial charge on any atom is 0.253 e. The molecule has 0 aliphatic heterocycles. The zero-order valence-electron chi connectivity index (χ0n) is 12.0. The summed E-state index contributed by atoms with van der Waals surface area (Å²) in [7, 11) is 0. The predicted octanol–water partition coefficient (Wildman–Crippen LogP) is 2.78. The van der Waals surface area contributed by atoms with Crippen molar-refractivity contribution < 1.29 is 22.4 Å². The molecular weight excluding hydrogens is 316 g/mol. The highest BCUT2D eigenvalue weighted by atomic mass is 19.2. The Bertz CT molecular complexity index is 713. The van der Waals surface area contributed by atoms with E-state index in [0.29, 0.717) is 11.5 Å². The summed E-state index contributed by atoms with van der Waals surface area (Å²) in [6, 6.07) is 5.02. The predicted molar refractivity (Wildman–Crippen MR) is 74.8 cm³/mol. The Kier molecular flexibility index (Phi) is 5.09. The molecule has 2 N–H and O–H groups in total. The smallest absolute Gasteiger partial charge is 0.253 e. The van der Waals surface area contributed by atoms with Crippen molar-refractivity contribution in [3.63, 3.8) is 0 Å². The van der Waals surface area contributed by atoms with Crippen LogP contribution in [0, 0.1) is 30.5 Å². The molecule has 0 aromatic carbocycles. The lowest BCUT2D eigenvalue weighted by Gasteiger charge is -2.09. The van der Waals surface area contributed by atoms with Crippen LogP contribution in [0.5, 0.6) is 0 Å². The largest absolute Gasteiger partial charge is 0.379 e. The molecule has 2 heterocycles. The summed E-state index contributed by atoms with van der Waals surface area (Å²) >= 11 is 0. The van der Waals surface area contributed by atoms with Crippen LogP contribution >= 0.6 is 0 Å². The SMILES string of the molecule is Cc1cccc(NC(=O)CCNc2c(F)c(F)nc(F)c2F)n1. The van der Waals surface area contributed by atoms with Crippen LogP contribution in [0.25, 0.3) is 0 Å². The van der Waals surface area contributed by atoms with E-state index in [1.54, 1.807) is 25.1 Å². The van der Waals surface area contributed by atoms with E-state index in [1.807, 2.05) is 0 Å². The molecule has 2 aromatic rings. The van der Waals surface area contributed by atoms with E-state index >= 15 is 0 Å². The molecule has 5 nitrogen and oxygen atoms in total. The van der Waals surface area contributed by atoms with Crippen LogP contribution in [0.15, 0.2) is 18.2 Å². The number of pyridine rings is 2. The van der Waals surface area contributed by atoms with Crippen LogP contribution < -0.4 is 10.6 Å². The minimum atomic E-state index is -1.76. The maximum atomic E-state index is 13.3. The molecule has 2 aromatic heterocycles. The molecule has 0 bridgehead atoms. The topological polar surface area (TPSA) is 66.9 Å². The van der Waals surface area contributed by atoms with Crippen LogP contribution in [0.4, 0.5) is 29.1 Å². The number of nitrogens with one attached hydrogen (secondary N) is 2. The Labute approximate surface area is 128 Å². The van der Waals surface area contributed by atoms with Gasteiger partial charge in [0.2, 0.25) is 17.5 Å². The van der Waals surface area contributed by atoms with E-state index in [9.17, 15) is 22.4 Å². The lowest BCUT2D eigenvalue weighted by Crippen LogP contribution is -2.18. The van der Waals surface area contributed by atoms with Gasteiger partial charge in [-0.15, -0.1) is 0 Å². The molecule has 2 rings (SSSR count). The van der Waals surface area contributed by atoms with Crippen molar-refractivity contribution in [1.82, 2.24) is 9.97 Å². The molecule has 9 heteroatoms. The van der Waals surface area contributed by atoms with Crippen LogP contribution in [-0.2, 0) is 4.79 Å². The average molecular weight is 328 g/mol. The molecule has 0 aliphatic rings. The average Bonchev–Trinajstić information content (AvgIpc) is 2.49. The zero-order valence-corrected chi connectivity index (χ0v) is 12.0. The second kappa shape index (κ2) is 7.03. The number of hydrogen-bond acceptors (Lipinski definition) is 4. The fourth-order valence-electron chi connectivity index (χ4n) is 1.76. The highest BCUT2D eigenvalue weighted by molar-refractivity contribution is 5.90. The lowest BCUT2D eigenvalue weighted by atomic mass is 10.3. The summed E-state index contributed by atoms with van der Waals surface area (Å²) in [5.41, 5.74) is -0.302. The van der Waals surface area contributed by atoms with Crippen molar-refractivity contribution in [3.05, 3.63) is 47.4 Å². The summed E-state index contributed by atoms with van der Waals surface area (Å²) in [6.07, 6.45) is -0.194. The highest BCUT2D eigenvalue weighted by Gasteiger charge is 2.20. The third kappa shape index (κ3) is 4.15. The molecule has 0 unspecified atom stereocenters. The molecule has 122 valence electrons. The number of carbonyl (C=O) groups is 1. The van der Waals surface area contributed by atoms with Gasteiger partial charge in [0.1, 0.15) is 11.5 Å². The van der Waals surface area contributed by atoms with Gasteiger partial charge in [0.25, 0.3) is 11.9 Å². The zero-order chi connectivity index (χ0) is 17.0. The van der Waals surface area contributed by atoms with E-state index in [-0.39, 0.29) is 13.0 Å². The van der Waals surface area contributed by atoms with Crippen molar-refractivity contribution >= 4 is 17.4 Å². The summed E-state index contributed by atoms with van der Waals surface area (Å²) in [4.78, 5) is 18.2. The van der Waals surface area contributed by atoms with Gasteiger partial charge < -0.3 is 10.6 Å². The van der Waals surface area contributed by atoms with Crippen molar-refractivity contribution in [3.8, 4) is 0 Å². The van der Waals surface area contributed by atoms with Crippen molar-refractivity contribution in [1.29, 1.82) is 0 Å². The standard InChI is InChI=1S/C14H12F4N4O/c1-7-3-2-4-8(20-7)21-9(23)5-6-19-12-10(15)13(17)22-14(18)11(12)16/h2-4H,5-6H2,1H3,(H,19,22)(H,20,21,23). The number of aromatic nitrogens is 2. The summed E-state index contributed by atoms with van der Waals surface area (Å²) in [5.74, 6) is -6.98. The number of nitrogens with zero attached hydrogens (tertiary/aromatic N) is 2. The van der Waals surface area contributed by atoms with Gasteiger partial charge in [-0.25, -0.2) is 4.98 Å². The molecule has 0 aliphatic carbocycles. The van der Waals surface area contributed by atoms with Gasteiger partial charge in [-0.05, 0) is 19.1 Å². The molecule has 0 spiro atoms. The molecule has 0 atom stereocenters. The number of aryl methyl sites for hydroxylation is 1. The van der Waals surface area contributed by atoms with Crippen molar-refractivity contribution in [2.24, 2.45) is 0 Å². The van der Waals surface area contributed by atoms with Crippen LogP contribution in [0.2, 0.25) is 0 Å². The molecule has 1 amide bonds. The monoisotopic (exact) mass is 328 g/mol. The third-order valence-electron chi connectivity index (χ3n) is 2.81. The summed E-state index contributed by atoms with van der Waals surface area (Å²) < 4.78 is 52.5. The van der Waals surface area contributed by atoms with E-state index in [4.69, 9.17) is 0 Å². The van der Waals surface area contributed by atoms with Crippen LogP contribution in [0.1, 0.15) is 12.1 Å².